The van der Waals surface area contributed by atoms with Gasteiger partial charge in [-0.3, -0.25) is 0 Å². The Hall–Kier alpha value is -1.59. The van der Waals surface area contributed by atoms with Crippen molar-refractivity contribution in [1.29, 1.82) is 0 Å². The molecule has 2 aromatic rings. The second-order valence-electron chi connectivity index (χ2n) is 2.75. The average molecular weight is 202 g/mol. The van der Waals surface area contributed by atoms with Gasteiger partial charge in [0.05, 0.1) is 0 Å². The van der Waals surface area contributed by atoms with Gasteiger partial charge in [-0.05, 0) is 12.1 Å². The Morgan fingerprint density at radius 2 is 1.93 bits per heavy atom. The molecule has 0 spiro atoms. The highest BCUT2D eigenvalue weighted by Crippen LogP contribution is 2.28. The molecule has 0 fully saturated rings. The lowest BCUT2D eigenvalue weighted by molar-refractivity contribution is -0.141. The van der Waals surface area contributed by atoms with Crippen LogP contribution in [-0.4, -0.2) is 9.97 Å². The van der Waals surface area contributed by atoms with E-state index in [0.29, 0.717) is 5.89 Å². The third-order valence-corrected chi connectivity index (χ3v) is 1.65. The van der Waals surface area contributed by atoms with Crippen molar-refractivity contribution in [3.63, 3.8) is 0 Å². The van der Waals surface area contributed by atoms with Crippen molar-refractivity contribution in [2.45, 2.75) is 13.1 Å². The zero-order valence-electron chi connectivity index (χ0n) is 7.09. The van der Waals surface area contributed by atoms with Crippen molar-refractivity contribution in [2.75, 3.05) is 0 Å². The van der Waals surface area contributed by atoms with Crippen molar-refractivity contribution in [1.82, 2.24) is 9.97 Å². The number of rotatable bonds is 0. The molecule has 3 nitrogen and oxygen atoms in total. The topological polar surface area (TPSA) is 38.9 Å². The molecule has 0 N–H and O–H groups in total. The maximum absolute atomic E-state index is 12.2. The molecule has 0 radical (unpaired) electrons. The van der Waals surface area contributed by atoms with E-state index in [2.05, 4.69) is 9.97 Å². The number of oxazole rings is 1. The molecule has 2 aromatic heterocycles. The van der Waals surface area contributed by atoms with Crippen molar-refractivity contribution in [3.8, 4) is 0 Å². The standard InChI is InChI=1S/C8H5F3N2O/c1-4-12-7-5(14-4)2-3-6(13-7)8(9,10)11/h2-3H,1H3. The Kier molecular flexibility index (Phi) is 1.73. The number of pyridine rings is 1. The molecule has 0 saturated heterocycles. The normalized spacial score (nSPS) is 12.3. The van der Waals surface area contributed by atoms with Gasteiger partial charge in [0.1, 0.15) is 5.69 Å². The largest absolute Gasteiger partial charge is 0.439 e. The van der Waals surface area contributed by atoms with Crippen LogP contribution in [0.1, 0.15) is 11.6 Å². The highest BCUT2D eigenvalue weighted by molar-refractivity contribution is 5.67. The number of halogens is 3. The Morgan fingerprint density at radius 1 is 1.21 bits per heavy atom. The molecule has 0 aliphatic rings. The van der Waals surface area contributed by atoms with Crippen molar-refractivity contribution >= 4 is 11.2 Å². The van der Waals surface area contributed by atoms with E-state index in [0.717, 1.165) is 6.07 Å². The molecule has 0 atom stereocenters. The third-order valence-electron chi connectivity index (χ3n) is 1.65. The van der Waals surface area contributed by atoms with Gasteiger partial charge in [-0.1, -0.05) is 0 Å². The maximum atomic E-state index is 12.2. The SMILES string of the molecule is Cc1nc2nc(C(F)(F)F)ccc2o1. The molecule has 14 heavy (non-hydrogen) atoms. The summed E-state index contributed by atoms with van der Waals surface area (Å²) in [5.74, 6) is 0.298. The first-order valence-corrected chi connectivity index (χ1v) is 3.78. The lowest BCUT2D eigenvalue weighted by Crippen LogP contribution is -2.07. The van der Waals surface area contributed by atoms with Crippen LogP contribution in [0.3, 0.4) is 0 Å². The molecular formula is C8H5F3N2O. The Morgan fingerprint density at radius 3 is 2.57 bits per heavy atom. The van der Waals surface area contributed by atoms with Crippen LogP contribution in [0.25, 0.3) is 11.2 Å². The number of alkyl halides is 3. The molecule has 0 unspecified atom stereocenters. The van der Waals surface area contributed by atoms with Crippen LogP contribution in [0.5, 0.6) is 0 Å². The molecule has 0 amide bonds. The van der Waals surface area contributed by atoms with E-state index in [1.165, 1.54) is 6.07 Å². The van der Waals surface area contributed by atoms with E-state index < -0.39 is 11.9 Å². The minimum atomic E-state index is -4.44. The van der Waals surface area contributed by atoms with Gasteiger partial charge in [0.2, 0.25) is 0 Å². The minimum absolute atomic E-state index is 0.0164. The van der Waals surface area contributed by atoms with Gasteiger partial charge in [0.25, 0.3) is 0 Å². The third kappa shape index (κ3) is 1.43. The monoisotopic (exact) mass is 202 g/mol. The maximum Gasteiger partial charge on any atom is 0.433 e. The molecule has 0 aliphatic carbocycles. The summed E-state index contributed by atoms with van der Waals surface area (Å²) in [5.41, 5.74) is -0.717. The van der Waals surface area contributed by atoms with Crippen molar-refractivity contribution in [3.05, 3.63) is 23.7 Å². The molecule has 2 heterocycles. The second-order valence-corrected chi connectivity index (χ2v) is 2.75. The van der Waals surface area contributed by atoms with Crippen LogP contribution < -0.4 is 0 Å². The summed E-state index contributed by atoms with van der Waals surface area (Å²) in [5, 5.41) is 0. The summed E-state index contributed by atoms with van der Waals surface area (Å²) in [6.07, 6.45) is -4.44. The number of aryl methyl sites for hydroxylation is 1. The number of aromatic nitrogens is 2. The second kappa shape index (κ2) is 2.70. The first-order valence-electron chi connectivity index (χ1n) is 3.78. The average Bonchev–Trinajstić information content (AvgIpc) is 2.41. The van der Waals surface area contributed by atoms with Crippen LogP contribution >= 0.6 is 0 Å². The van der Waals surface area contributed by atoms with E-state index >= 15 is 0 Å². The van der Waals surface area contributed by atoms with Gasteiger partial charge in [0.15, 0.2) is 17.1 Å². The van der Waals surface area contributed by atoms with E-state index in [1.54, 1.807) is 6.92 Å². The first-order chi connectivity index (χ1) is 6.47. The Balaban J connectivity index is 2.62. The summed E-state index contributed by atoms with van der Waals surface area (Å²) in [4.78, 5) is 7.05. The molecule has 0 saturated carbocycles. The van der Waals surface area contributed by atoms with Crippen LogP contribution in [0, 0.1) is 6.92 Å². The fourth-order valence-corrected chi connectivity index (χ4v) is 1.08. The van der Waals surface area contributed by atoms with Gasteiger partial charge in [0, 0.05) is 6.92 Å². The fourth-order valence-electron chi connectivity index (χ4n) is 1.08. The lowest BCUT2D eigenvalue weighted by Gasteiger charge is -2.03. The predicted molar refractivity (Wildman–Crippen MR) is 41.5 cm³/mol. The van der Waals surface area contributed by atoms with Gasteiger partial charge in [-0.15, -0.1) is 0 Å². The van der Waals surface area contributed by atoms with Crippen LogP contribution in [-0.2, 0) is 6.18 Å². The number of hydrogen-bond acceptors (Lipinski definition) is 3. The Labute approximate surface area is 76.6 Å². The molecule has 0 aromatic carbocycles. The molecule has 74 valence electrons. The molecule has 0 bridgehead atoms. The van der Waals surface area contributed by atoms with E-state index in [9.17, 15) is 13.2 Å². The van der Waals surface area contributed by atoms with Gasteiger partial charge < -0.3 is 4.42 Å². The van der Waals surface area contributed by atoms with Gasteiger partial charge in [-0.25, -0.2) is 4.98 Å². The molecule has 0 aliphatic heterocycles. The number of nitrogens with zero attached hydrogens (tertiary/aromatic N) is 2. The van der Waals surface area contributed by atoms with E-state index in [-0.39, 0.29) is 11.2 Å². The summed E-state index contributed by atoms with van der Waals surface area (Å²) in [6, 6.07) is 2.08. The highest BCUT2D eigenvalue weighted by atomic mass is 19.4. The summed E-state index contributed by atoms with van der Waals surface area (Å²) in [6.45, 7) is 1.55. The van der Waals surface area contributed by atoms with Crippen molar-refractivity contribution in [2.24, 2.45) is 0 Å². The van der Waals surface area contributed by atoms with Crippen LogP contribution in [0.4, 0.5) is 13.2 Å². The quantitative estimate of drug-likeness (QED) is 0.658. The minimum Gasteiger partial charge on any atom is -0.439 e. The van der Waals surface area contributed by atoms with E-state index in [1.807, 2.05) is 0 Å². The van der Waals surface area contributed by atoms with Crippen LogP contribution in [0.15, 0.2) is 16.5 Å². The highest BCUT2D eigenvalue weighted by Gasteiger charge is 2.32. The van der Waals surface area contributed by atoms with Gasteiger partial charge in [-0.2, -0.15) is 18.2 Å². The number of hydrogen-bond donors (Lipinski definition) is 0. The summed E-state index contributed by atoms with van der Waals surface area (Å²) < 4.78 is 41.6. The zero-order valence-corrected chi connectivity index (χ0v) is 7.09. The smallest absolute Gasteiger partial charge is 0.433 e. The Bertz CT molecular complexity index is 475. The first kappa shape index (κ1) is 8.98. The van der Waals surface area contributed by atoms with Crippen LogP contribution in [0.2, 0.25) is 0 Å². The molecular weight excluding hydrogens is 197 g/mol. The summed E-state index contributed by atoms with van der Waals surface area (Å²) in [7, 11) is 0. The molecule has 6 heteroatoms. The summed E-state index contributed by atoms with van der Waals surface area (Å²) >= 11 is 0. The zero-order chi connectivity index (χ0) is 10.3. The number of fused-ring (bicyclic) bond motifs is 1. The lowest BCUT2D eigenvalue weighted by atomic mass is 10.3. The predicted octanol–water partition coefficient (Wildman–Crippen LogP) is 2.55. The van der Waals surface area contributed by atoms with Gasteiger partial charge >= 0.3 is 6.18 Å². The van der Waals surface area contributed by atoms with E-state index in [4.69, 9.17) is 4.42 Å². The van der Waals surface area contributed by atoms with Crippen molar-refractivity contribution < 1.29 is 17.6 Å². The fraction of sp³-hybridized carbons (Fsp3) is 0.250. The molecule has 2 rings (SSSR count).